The van der Waals surface area contributed by atoms with Crippen molar-refractivity contribution in [3.63, 3.8) is 0 Å². The second-order valence-corrected chi connectivity index (χ2v) is 6.31. The molecule has 0 aliphatic carbocycles. The first-order valence-corrected chi connectivity index (χ1v) is 8.13. The molecule has 1 saturated heterocycles. The quantitative estimate of drug-likeness (QED) is 0.933. The molecule has 2 unspecified atom stereocenters. The number of aliphatic hydroxyl groups excluding tert-OH is 1. The Morgan fingerprint density at radius 2 is 2.21 bits per heavy atom. The molecule has 0 radical (unpaired) electrons. The number of piperidine rings is 1. The van der Waals surface area contributed by atoms with Gasteiger partial charge in [-0.05, 0) is 37.5 Å². The summed E-state index contributed by atoms with van der Waals surface area (Å²) in [5.74, 6) is 0.248. The molecule has 1 aliphatic heterocycles. The van der Waals surface area contributed by atoms with E-state index in [4.69, 9.17) is 4.74 Å². The molecular weight excluding hydrogens is 306 g/mol. The fourth-order valence-corrected chi connectivity index (χ4v) is 3.23. The van der Waals surface area contributed by atoms with Crippen LogP contribution in [0.5, 0.6) is 5.75 Å². The lowest BCUT2D eigenvalue weighted by atomic mass is 9.88. The minimum absolute atomic E-state index is 0.00188. The zero-order valence-electron chi connectivity index (χ0n) is 14.3. The number of imidazole rings is 1. The van der Waals surface area contributed by atoms with Crippen molar-refractivity contribution >= 4 is 5.91 Å². The zero-order valence-corrected chi connectivity index (χ0v) is 14.3. The second kappa shape index (κ2) is 6.65. The average Bonchev–Trinajstić information content (AvgIpc) is 3.02. The third-order valence-corrected chi connectivity index (χ3v) is 4.62. The number of carbonyl (C=O) groups excluding carboxylic acids is 1. The van der Waals surface area contributed by atoms with E-state index >= 15 is 0 Å². The van der Waals surface area contributed by atoms with Crippen molar-refractivity contribution in [2.75, 3.05) is 20.7 Å². The van der Waals surface area contributed by atoms with E-state index < -0.39 is 12.0 Å². The van der Waals surface area contributed by atoms with Crippen LogP contribution in [0.2, 0.25) is 0 Å². The van der Waals surface area contributed by atoms with Gasteiger partial charge in [-0.25, -0.2) is 4.98 Å². The molecule has 1 fully saturated rings. The number of hydrogen-bond acceptors (Lipinski definition) is 4. The first-order chi connectivity index (χ1) is 11.5. The second-order valence-electron chi connectivity index (χ2n) is 6.31. The minimum atomic E-state index is -0.826. The van der Waals surface area contributed by atoms with Crippen LogP contribution in [0.1, 0.15) is 30.2 Å². The summed E-state index contributed by atoms with van der Waals surface area (Å²) in [6.45, 7) is 2.68. The fraction of sp³-hybridized carbons (Fsp3) is 0.444. The van der Waals surface area contributed by atoms with Gasteiger partial charge >= 0.3 is 0 Å². The number of methoxy groups -OCH3 is 1. The molecule has 1 aromatic heterocycles. The maximum Gasteiger partial charge on any atom is 0.228 e. The Labute approximate surface area is 141 Å². The average molecular weight is 329 g/mol. The minimum Gasteiger partial charge on any atom is -0.495 e. The highest BCUT2D eigenvalue weighted by Crippen LogP contribution is 2.34. The van der Waals surface area contributed by atoms with Crippen molar-refractivity contribution in [1.82, 2.24) is 14.5 Å². The lowest BCUT2D eigenvalue weighted by Gasteiger charge is -2.32. The standard InChI is InChI=1S/C18H23N3O3/c1-12-10-21(11-19-12)15-7-6-13(9-16(15)24-3)17(22)14-5-4-8-20(2)18(14)23/h6-7,9-11,14,17,22H,4-5,8H2,1-3H3. The smallest absolute Gasteiger partial charge is 0.228 e. The molecule has 6 heteroatoms. The molecule has 1 amide bonds. The van der Waals surface area contributed by atoms with Crippen LogP contribution in [0.4, 0.5) is 0 Å². The van der Waals surface area contributed by atoms with Crippen LogP contribution in [0.3, 0.4) is 0 Å². The predicted molar refractivity (Wildman–Crippen MR) is 90.2 cm³/mol. The summed E-state index contributed by atoms with van der Waals surface area (Å²) in [6.07, 6.45) is 4.42. The summed E-state index contributed by atoms with van der Waals surface area (Å²) in [5, 5.41) is 10.7. The molecule has 24 heavy (non-hydrogen) atoms. The van der Waals surface area contributed by atoms with Gasteiger partial charge in [0, 0.05) is 19.8 Å². The SMILES string of the molecule is COc1cc(C(O)C2CCCN(C)C2=O)ccc1-n1cnc(C)c1. The van der Waals surface area contributed by atoms with E-state index in [2.05, 4.69) is 4.98 Å². The van der Waals surface area contributed by atoms with Gasteiger partial charge in [-0.2, -0.15) is 0 Å². The Hall–Kier alpha value is -2.34. The third-order valence-electron chi connectivity index (χ3n) is 4.62. The van der Waals surface area contributed by atoms with Crippen LogP contribution in [0, 0.1) is 12.8 Å². The van der Waals surface area contributed by atoms with Crippen molar-refractivity contribution in [3.8, 4) is 11.4 Å². The highest BCUT2D eigenvalue weighted by Gasteiger charge is 2.33. The van der Waals surface area contributed by atoms with Crippen molar-refractivity contribution in [2.45, 2.75) is 25.9 Å². The predicted octanol–water partition coefficient (Wildman–Crippen LogP) is 2.09. The Kier molecular flexibility index (Phi) is 4.57. The number of aromatic nitrogens is 2. The van der Waals surface area contributed by atoms with E-state index in [1.165, 1.54) is 0 Å². The molecule has 1 aromatic carbocycles. The van der Waals surface area contributed by atoms with Gasteiger partial charge in [0.2, 0.25) is 5.91 Å². The van der Waals surface area contributed by atoms with E-state index in [0.29, 0.717) is 17.7 Å². The number of nitrogens with zero attached hydrogens (tertiary/aromatic N) is 3. The van der Waals surface area contributed by atoms with E-state index in [-0.39, 0.29) is 5.91 Å². The van der Waals surface area contributed by atoms with Crippen molar-refractivity contribution in [1.29, 1.82) is 0 Å². The number of rotatable bonds is 4. The lowest BCUT2D eigenvalue weighted by Crippen LogP contribution is -2.40. The van der Waals surface area contributed by atoms with Gasteiger partial charge in [0.1, 0.15) is 5.75 Å². The number of aryl methyl sites for hydroxylation is 1. The number of amides is 1. The highest BCUT2D eigenvalue weighted by molar-refractivity contribution is 5.80. The van der Waals surface area contributed by atoms with Gasteiger partial charge in [-0.1, -0.05) is 6.07 Å². The zero-order chi connectivity index (χ0) is 17.3. The molecule has 2 aromatic rings. The van der Waals surface area contributed by atoms with Crippen LogP contribution < -0.4 is 4.74 Å². The molecule has 0 bridgehead atoms. The number of aliphatic hydroxyl groups is 1. The number of carbonyl (C=O) groups is 1. The van der Waals surface area contributed by atoms with Crippen LogP contribution >= 0.6 is 0 Å². The summed E-state index contributed by atoms with van der Waals surface area (Å²) in [7, 11) is 3.38. The van der Waals surface area contributed by atoms with Crippen LogP contribution in [0.25, 0.3) is 5.69 Å². The third kappa shape index (κ3) is 3.01. The molecule has 2 heterocycles. The van der Waals surface area contributed by atoms with Gasteiger partial charge < -0.3 is 19.3 Å². The van der Waals surface area contributed by atoms with Crippen LogP contribution in [0.15, 0.2) is 30.7 Å². The largest absolute Gasteiger partial charge is 0.495 e. The maximum atomic E-state index is 12.3. The number of benzene rings is 1. The molecule has 0 spiro atoms. The molecule has 128 valence electrons. The first kappa shape index (κ1) is 16.5. The molecule has 0 saturated carbocycles. The summed E-state index contributed by atoms with van der Waals surface area (Å²) in [5.41, 5.74) is 2.46. The highest BCUT2D eigenvalue weighted by atomic mass is 16.5. The molecule has 6 nitrogen and oxygen atoms in total. The van der Waals surface area contributed by atoms with Crippen molar-refractivity contribution in [2.24, 2.45) is 5.92 Å². The van der Waals surface area contributed by atoms with Gasteiger partial charge in [-0.3, -0.25) is 4.79 Å². The molecule has 1 aliphatic rings. The van der Waals surface area contributed by atoms with E-state index in [1.54, 1.807) is 31.5 Å². The Bertz CT molecular complexity index is 741. The number of ether oxygens (including phenoxy) is 1. The Morgan fingerprint density at radius 3 is 2.88 bits per heavy atom. The molecular formula is C18H23N3O3. The van der Waals surface area contributed by atoms with Crippen LogP contribution in [-0.4, -0.2) is 46.2 Å². The Balaban J connectivity index is 1.90. The number of hydrogen-bond donors (Lipinski definition) is 1. The fourth-order valence-electron chi connectivity index (χ4n) is 3.23. The molecule has 1 N–H and O–H groups in total. The molecule has 3 rings (SSSR count). The van der Waals surface area contributed by atoms with E-state index in [0.717, 1.165) is 24.3 Å². The summed E-state index contributed by atoms with van der Waals surface area (Å²) < 4.78 is 7.36. The summed E-state index contributed by atoms with van der Waals surface area (Å²) in [4.78, 5) is 18.2. The van der Waals surface area contributed by atoms with Gasteiger partial charge in [0.15, 0.2) is 0 Å². The Morgan fingerprint density at radius 1 is 1.42 bits per heavy atom. The maximum absolute atomic E-state index is 12.3. The summed E-state index contributed by atoms with van der Waals surface area (Å²) in [6, 6.07) is 5.53. The number of likely N-dealkylation sites (tertiary alicyclic amines) is 1. The van der Waals surface area contributed by atoms with E-state index in [9.17, 15) is 9.90 Å². The van der Waals surface area contributed by atoms with Crippen molar-refractivity contribution < 1.29 is 14.6 Å². The lowest BCUT2D eigenvalue weighted by molar-refractivity contribution is -0.141. The topological polar surface area (TPSA) is 67.6 Å². The van der Waals surface area contributed by atoms with Gasteiger partial charge in [0.05, 0.1) is 36.8 Å². The van der Waals surface area contributed by atoms with Crippen LogP contribution in [-0.2, 0) is 4.79 Å². The van der Waals surface area contributed by atoms with E-state index in [1.807, 2.05) is 29.8 Å². The van der Waals surface area contributed by atoms with Gasteiger partial charge in [0.25, 0.3) is 0 Å². The monoisotopic (exact) mass is 329 g/mol. The summed E-state index contributed by atoms with van der Waals surface area (Å²) >= 11 is 0. The normalized spacial score (nSPS) is 19.4. The first-order valence-electron chi connectivity index (χ1n) is 8.13. The molecule has 2 atom stereocenters. The van der Waals surface area contributed by atoms with Gasteiger partial charge in [-0.15, -0.1) is 0 Å². The van der Waals surface area contributed by atoms with Crippen molar-refractivity contribution in [3.05, 3.63) is 42.0 Å².